The van der Waals surface area contributed by atoms with Crippen molar-refractivity contribution in [1.82, 2.24) is 0 Å². The van der Waals surface area contributed by atoms with Gasteiger partial charge in [-0.25, -0.2) is 0 Å². The molecule has 0 aromatic heterocycles. The molecular formula is C8H15NO2. The first-order valence-electron chi connectivity index (χ1n) is 3.97. The monoisotopic (exact) mass is 157 g/mol. The van der Waals surface area contributed by atoms with Crippen LogP contribution >= 0.6 is 0 Å². The molecule has 0 aliphatic heterocycles. The number of hydrogen-bond donors (Lipinski definition) is 1. The van der Waals surface area contributed by atoms with Crippen molar-refractivity contribution in [2.75, 3.05) is 26.6 Å². The highest BCUT2D eigenvalue weighted by Gasteiger charge is 2.05. The summed E-state index contributed by atoms with van der Waals surface area (Å²) in [6.07, 6.45) is 4.46. The topological polar surface area (TPSA) is 44.5 Å². The average Bonchev–Trinajstić information content (AvgIpc) is 2.80. The van der Waals surface area contributed by atoms with Crippen LogP contribution in [-0.2, 0) is 9.47 Å². The minimum atomic E-state index is 0.379. The second kappa shape index (κ2) is 5.29. The number of rotatable bonds is 7. The van der Waals surface area contributed by atoms with Crippen molar-refractivity contribution in [3.63, 3.8) is 0 Å². The van der Waals surface area contributed by atoms with Crippen LogP contribution in [0.3, 0.4) is 0 Å². The molecule has 0 radical (unpaired) electrons. The Morgan fingerprint density at radius 3 is 2.73 bits per heavy atom. The van der Waals surface area contributed by atoms with Crippen molar-refractivity contribution < 1.29 is 9.47 Å². The predicted molar refractivity (Wildman–Crippen MR) is 43.1 cm³/mol. The fourth-order valence-electron chi connectivity index (χ4n) is 0.740. The van der Waals surface area contributed by atoms with Gasteiger partial charge in [0.1, 0.15) is 6.79 Å². The highest BCUT2D eigenvalue weighted by Crippen LogP contribution is 2.21. The fraction of sp³-hybridized carbons (Fsp3) is 0.750. The van der Waals surface area contributed by atoms with Gasteiger partial charge in [0.15, 0.2) is 0 Å². The Morgan fingerprint density at radius 1 is 1.36 bits per heavy atom. The van der Waals surface area contributed by atoms with Crippen LogP contribution in [-0.4, -0.2) is 26.6 Å². The Bertz CT molecular complexity index is 134. The van der Waals surface area contributed by atoms with Gasteiger partial charge >= 0.3 is 0 Å². The molecule has 1 aliphatic rings. The van der Waals surface area contributed by atoms with E-state index >= 15 is 0 Å². The molecule has 0 saturated heterocycles. The molecule has 3 nitrogen and oxygen atoms in total. The summed E-state index contributed by atoms with van der Waals surface area (Å²) in [4.78, 5) is 0. The molecule has 0 amide bonds. The highest BCUT2D eigenvalue weighted by atomic mass is 16.7. The van der Waals surface area contributed by atoms with E-state index in [1.807, 2.05) is 0 Å². The summed E-state index contributed by atoms with van der Waals surface area (Å²) >= 11 is 0. The Balaban J connectivity index is 1.69. The first-order valence-corrected chi connectivity index (χ1v) is 3.97. The molecule has 0 spiro atoms. The van der Waals surface area contributed by atoms with Crippen molar-refractivity contribution >= 4 is 0 Å². The van der Waals surface area contributed by atoms with E-state index in [0.29, 0.717) is 19.9 Å². The van der Waals surface area contributed by atoms with Gasteiger partial charge in [-0.05, 0) is 12.8 Å². The highest BCUT2D eigenvalue weighted by molar-refractivity contribution is 5.21. The fourth-order valence-corrected chi connectivity index (χ4v) is 0.740. The minimum Gasteiger partial charge on any atom is -0.355 e. The van der Waals surface area contributed by atoms with E-state index in [1.54, 1.807) is 0 Å². The molecule has 0 saturated carbocycles. The molecular weight excluding hydrogens is 142 g/mol. The third kappa shape index (κ3) is 4.95. The van der Waals surface area contributed by atoms with E-state index in [9.17, 15) is 0 Å². The molecule has 0 heterocycles. The lowest BCUT2D eigenvalue weighted by Crippen LogP contribution is -2.10. The van der Waals surface area contributed by atoms with Crippen LogP contribution in [0, 0.1) is 0 Å². The Hall–Kier alpha value is -0.380. The molecule has 0 aromatic carbocycles. The lowest BCUT2D eigenvalue weighted by atomic mass is 10.4. The lowest BCUT2D eigenvalue weighted by Gasteiger charge is -2.02. The van der Waals surface area contributed by atoms with Crippen LogP contribution in [0.15, 0.2) is 11.6 Å². The molecule has 0 fully saturated rings. The van der Waals surface area contributed by atoms with Gasteiger partial charge in [-0.1, -0.05) is 11.6 Å². The molecule has 1 aliphatic carbocycles. The molecule has 0 atom stereocenters. The van der Waals surface area contributed by atoms with E-state index in [-0.39, 0.29) is 0 Å². The smallest absolute Gasteiger partial charge is 0.146 e. The third-order valence-electron chi connectivity index (χ3n) is 1.49. The van der Waals surface area contributed by atoms with Gasteiger partial charge in [-0.2, -0.15) is 0 Å². The van der Waals surface area contributed by atoms with Gasteiger partial charge < -0.3 is 15.2 Å². The molecule has 64 valence electrons. The van der Waals surface area contributed by atoms with E-state index in [1.165, 1.54) is 12.0 Å². The number of hydrogen-bond acceptors (Lipinski definition) is 3. The second-order valence-corrected chi connectivity index (χ2v) is 2.54. The predicted octanol–water partition coefficient (Wildman–Crippen LogP) is 0.656. The Kier molecular flexibility index (Phi) is 4.19. The summed E-state index contributed by atoms with van der Waals surface area (Å²) in [7, 11) is 0. The Morgan fingerprint density at radius 2 is 2.09 bits per heavy atom. The van der Waals surface area contributed by atoms with Crippen LogP contribution in [0.1, 0.15) is 12.8 Å². The summed E-state index contributed by atoms with van der Waals surface area (Å²) in [6.45, 7) is 2.30. The molecule has 2 N–H and O–H groups in total. The maximum Gasteiger partial charge on any atom is 0.146 e. The zero-order valence-electron chi connectivity index (χ0n) is 6.71. The van der Waals surface area contributed by atoms with Crippen molar-refractivity contribution in [1.29, 1.82) is 0 Å². The maximum absolute atomic E-state index is 5.21. The zero-order chi connectivity index (χ0) is 7.94. The first-order chi connectivity index (χ1) is 5.43. The summed E-state index contributed by atoms with van der Waals surface area (Å²) in [5.74, 6) is 0. The van der Waals surface area contributed by atoms with Gasteiger partial charge in [-0.15, -0.1) is 0 Å². The van der Waals surface area contributed by atoms with Gasteiger partial charge in [-0.3, -0.25) is 0 Å². The van der Waals surface area contributed by atoms with Crippen LogP contribution in [0.25, 0.3) is 0 Å². The zero-order valence-corrected chi connectivity index (χ0v) is 6.71. The molecule has 1 rings (SSSR count). The number of nitrogens with two attached hydrogens (primary N) is 1. The van der Waals surface area contributed by atoms with Crippen LogP contribution in [0.4, 0.5) is 0 Å². The van der Waals surface area contributed by atoms with Crippen LogP contribution < -0.4 is 5.73 Å². The minimum absolute atomic E-state index is 0.379. The van der Waals surface area contributed by atoms with Gasteiger partial charge in [0.25, 0.3) is 0 Å². The van der Waals surface area contributed by atoms with Gasteiger partial charge in [0.05, 0.1) is 13.2 Å². The number of allylic oxidation sites excluding steroid dienone is 1. The molecule has 11 heavy (non-hydrogen) atoms. The Labute approximate surface area is 67.2 Å². The average molecular weight is 157 g/mol. The summed E-state index contributed by atoms with van der Waals surface area (Å²) in [6, 6.07) is 0. The summed E-state index contributed by atoms with van der Waals surface area (Å²) in [5.41, 5.74) is 6.72. The maximum atomic E-state index is 5.21. The first kappa shape index (κ1) is 8.71. The molecule has 0 aromatic rings. The van der Waals surface area contributed by atoms with Crippen molar-refractivity contribution in [3.8, 4) is 0 Å². The SMILES string of the molecule is NCCOCOCCC1=CC1. The van der Waals surface area contributed by atoms with Crippen LogP contribution in [0.2, 0.25) is 0 Å². The molecule has 0 unspecified atom stereocenters. The van der Waals surface area contributed by atoms with Gasteiger partial charge in [0.2, 0.25) is 0 Å². The van der Waals surface area contributed by atoms with E-state index in [0.717, 1.165) is 13.0 Å². The van der Waals surface area contributed by atoms with Crippen molar-refractivity contribution in [2.24, 2.45) is 5.73 Å². The third-order valence-corrected chi connectivity index (χ3v) is 1.49. The van der Waals surface area contributed by atoms with Crippen molar-refractivity contribution in [2.45, 2.75) is 12.8 Å². The lowest BCUT2D eigenvalue weighted by molar-refractivity contribution is -0.0497. The second-order valence-electron chi connectivity index (χ2n) is 2.54. The van der Waals surface area contributed by atoms with Gasteiger partial charge in [0, 0.05) is 6.54 Å². The van der Waals surface area contributed by atoms with E-state index in [2.05, 4.69) is 6.08 Å². The quantitative estimate of drug-likeness (QED) is 0.335. The normalized spacial score (nSPS) is 14.8. The van der Waals surface area contributed by atoms with Crippen LogP contribution in [0.5, 0.6) is 0 Å². The van der Waals surface area contributed by atoms with E-state index in [4.69, 9.17) is 15.2 Å². The number of ether oxygens (including phenoxy) is 2. The van der Waals surface area contributed by atoms with Crippen molar-refractivity contribution in [3.05, 3.63) is 11.6 Å². The molecule has 3 heteroatoms. The molecule has 0 bridgehead atoms. The summed E-state index contributed by atoms with van der Waals surface area (Å²) < 4.78 is 10.2. The largest absolute Gasteiger partial charge is 0.355 e. The summed E-state index contributed by atoms with van der Waals surface area (Å²) in [5, 5.41) is 0. The van der Waals surface area contributed by atoms with E-state index < -0.39 is 0 Å². The standard InChI is InChI=1S/C8H15NO2/c9-4-6-11-7-10-5-3-8-1-2-8/h1H,2-7,9H2.